The Hall–Kier alpha value is -1.39. The minimum absolute atomic E-state index is 0.0224. The Kier molecular flexibility index (Phi) is 4.27. The second-order valence-corrected chi connectivity index (χ2v) is 6.11. The van der Waals surface area contributed by atoms with Gasteiger partial charge >= 0.3 is 0 Å². The van der Waals surface area contributed by atoms with Crippen molar-refractivity contribution in [1.29, 1.82) is 0 Å². The van der Waals surface area contributed by atoms with Gasteiger partial charge in [-0.2, -0.15) is 0 Å². The molecular weight excluding hydrogens is 286 g/mol. The van der Waals surface area contributed by atoms with Gasteiger partial charge in [0.15, 0.2) is 0 Å². The van der Waals surface area contributed by atoms with Gasteiger partial charge in [-0.3, -0.25) is 9.78 Å². The average molecular weight is 306 g/mol. The third kappa shape index (κ3) is 2.97. The molecular formula is C16H20ClN3O. The molecule has 0 atom stereocenters. The minimum Gasteiger partial charge on any atom is -0.310 e. The molecule has 0 unspecified atom stereocenters. The van der Waals surface area contributed by atoms with Gasteiger partial charge in [0.2, 0.25) is 0 Å². The van der Waals surface area contributed by atoms with Crippen molar-refractivity contribution in [3.05, 3.63) is 39.3 Å². The van der Waals surface area contributed by atoms with Crippen molar-refractivity contribution in [2.45, 2.75) is 25.7 Å². The van der Waals surface area contributed by atoms with E-state index in [0.29, 0.717) is 5.02 Å². The molecule has 21 heavy (non-hydrogen) atoms. The Morgan fingerprint density at radius 2 is 2.00 bits per heavy atom. The molecule has 2 aromatic rings. The van der Waals surface area contributed by atoms with Crippen LogP contribution in [0.25, 0.3) is 11.0 Å². The molecule has 1 fully saturated rings. The Labute approximate surface area is 129 Å². The topological polar surface area (TPSA) is 38.1 Å². The zero-order chi connectivity index (χ0) is 14.8. The van der Waals surface area contributed by atoms with E-state index < -0.39 is 0 Å². The van der Waals surface area contributed by atoms with Gasteiger partial charge in [-0.25, -0.2) is 0 Å². The third-order valence-electron chi connectivity index (χ3n) is 4.31. The number of fused-ring (bicyclic) bond motifs is 1. The van der Waals surface area contributed by atoms with Gasteiger partial charge in [-0.15, -0.1) is 0 Å². The molecule has 0 aliphatic carbocycles. The number of aryl methyl sites for hydroxylation is 1. The molecule has 2 aromatic heterocycles. The molecule has 1 aliphatic heterocycles. The van der Waals surface area contributed by atoms with Crippen molar-refractivity contribution in [2.75, 3.05) is 19.6 Å². The molecule has 5 heteroatoms. The number of hydrogen-bond donors (Lipinski definition) is 0. The Balaban J connectivity index is 1.94. The molecule has 0 aromatic carbocycles. The maximum atomic E-state index is 11.9. The maximum absolute atomic E-state index is 11.9. The predicted molar refractivity (Wildman–Crippen MR) is 86.0 cm³/mol. The molecule has 1 aliphatic rings. The predicted octanol–water partition coefficient (Wildman–Crippen LogP) is 2.62. The Bertz CT molecular complexity index is 704. The molecule has 0 bridgehead atoms. The number of pyridine rings is 2. The summed E-state index contributed by atoms with van der Waals surface area (Å²) in [7, 11) is 1.78. The van der Waals surface area contributed by atoms with Crippen molar-refractivity contribution in [1.82, 2.24) is 14.5 Å². The van der Waals surface area contributed by atoms with Crippen LogP contribution < -0.4 is 5.56 Å². The van der Waals surface area contributed by atoms with Crippen LogP contribution in [-0.2, 0) is 13.5 Å². The average Bonchev–Trinajstić information content (AvgIpc) is 2.51. The SMILES string of the molecule is Cn1c(=O)ccc2ncc(Cl)c(CCN3CCCCC3)c21. The fourth-order valence-electron chi connectivity index (χ4n) is 3.09. The lowest BCUT2D eigenvalue weighted by atomic mass is 10.1. The van der Waals surface area contributed by atoms with Crippen LogP contribution in [0.3, 0.4) is 0 Å². The summed E-state index contributed by atoms with van der Waals surface area (Å²) < 4.78 is 1.65. The first kappa shape index (κ1) is 14.5. The number of halogens is 1. The van der Waals surface area contributed by atoms with Gasteiger partial charge in [-0.05, 0) is 44.0 Å². The van der Waals surface area contributed by atoms with Crippen LogP contribution in [0.15, 0.2) is 23.1 Å². The van der Waals surface area contributed by atoms with Crippen LogP contribution >= 0.6 is 11.6 Å². The number of nitrogens with zero attached hydrogens (tertiary/aromatic N) is 3. The molecule has 4 nitrogen and oxygen atoms in total. The van der Waals surface area contributed by atoms with E-state index in [1.165, 1.54) is 32.4 Å². The van der Waals surface area contributed by atoms with Gasteiger partial charge in [0, 0.05) is 25.9 Å². The lowest BCUT2D eigenvalue weighted by Gasteiger charge is -2.26. The van der Waals surface area contributed by atoms with Gasteiger partial charge in [0.05, 0.1) is 16.1 Å². The van der Waals surface area contributed by atoms with Crippen LogP contribution in [0, 0.1) is 0 Å². The molecule has 3 rings (SSSR count). The number of piperidine rings is 1. The standard InChI is InChI=1S/C16H20ClN3O/c1-19-15(21)6-5-14-16(19)12(13(17)11-18-14)7-10-20-8-3-2-4-9-20/h5-6,11H,2-4,7-10H2,1H3. The van der Waals surface area contributed by atoms with Crippen molar-refractivity contribution in [2.24, 2.45) is 7.05 Å². The minimum atomic E-state index is -0.0224. The number of rotatable bonds is 3. The van der Waals surface area contributed by atoms with Crippen LogP contribution in [0.4, 0.5) is 0 Å². The van der Waals surface area contributed by atoms with Crippen molar-refractivity contribution < 1.29 is 0 Å². The summed E-state index contributed by atoms with van der Waals surface area (Å²) in [6.45, 7) is 3.32. The molecule has 0 N–H and O–H groups in total. The normalized spacial score (nSPS) is 16.5. The molecule has 0 amide bonds. The highest BCUT2D eigenvalue weighted by Gasteiger charge is 2.14. The van der Waals surface area contributed by atoms with Crippen molar-refractivity contribution >= 4 is 22.6 Å². The van der Waals surface area contributed by atoms with Crippen LogP contribution in [0.1, 0.15) is 24.8 Å². The molecule has 0 saturated carbocycles. The van der Waals surface area contributed by atoms with Crippen LogP contribution in [-0.4, -0.2) is 34.1 Å². The van der Waals surface area contributed by atoms with E-state index in [4.69, 9.17) is 11.6 Å². The van der Waals surface area contributed by atoms with E-state index in [9.17, 15) is 4.79 Å². The number of hydrogen-bond acceptors (Lipinski definition) is 3. The van der Waals surface area contributed by atoms with E-state index >= 15 is 0 Å². The third-order valence-corrected chi connectivity index (χ3v) is 4.64. The summed E-state index contributed by atoms with van der Waals surface area (Å²) in [5.74, 6) is 0. The number of aromatic nitrogens is 2. The summed E-state index contributed by atoms with van der Waals surface area (Å²) in [4.78, 5) is 18.7. The van der Waals surface area contributed by atoms with E-state index in [-0.39, 0.29) is 5.56 Å². The zero-order valence-corrected chi connectivity index (χ0v) is 13.1. The summed E-state index contributed by atoms with van der Waals surface area (Å²) in [5, 5.41) is 0.653. The second-order valence-electron chi connectivity index (χ2n) is 5.70. The molecule has 0 radical (unpaired) electrons. The molecule has 0 spiro atoms. The van der Waals surface area contributed by atoms with Gasteiger partial charge < -0.3 is 9.47 Å². The van der Waals surface area contributed by atoms with Gasteiger partial charge in [0.1, 0.15) is 0 Å². The molecule has 3 heterocycles. The highest BCUT2D eigenvalue weighted by Crippen LogP contribution is 2.24. The summed E-state index contributed by atoms with van der Waals surface area (Å²) >= 11 is 6.35. The second kappa shape index (κ2) is 6.16. The van der Waals surface area contributed by atoms with Crippen molar-refractivity contribution in [3.63, 3.8) is 0 Å². The first-order valence-corrected chi connectivity index (χ1v) is 7.90. The van der Waals surface area contributed by atoms with E-state index in [2.05, 4.69) is 9.88 Å². The van der Waals surface area contributed by atoms with Gasteiger partial charge in [0.25, 0.3) is 5.56 Å². The Morgan fingerprint density at radius 1 is 1.24 bits per heavy atom. The van der Waals surface area contributed by atoms with Crippen molar-refractivity contribution in [3.8, 4) is 0 Å². The van der Waals surface area contributed by atoms with E-state index in [1.54, 1.807) is 29.9 Å². The largest absolute Gasteiger partial charge is 0.310 e. The van der Waals surface area contributed by atoms with Gasteiger partial charge in [-0.1, -0.05) is 18.0 Å². The fourth-order valence-corrected chi connectivity index (χ4v) is 3.32. The zero-order valence-electron chi connectivity index (χ0n) is 12.3. The quantitative estimate of drug-likeness (QED) is 0.875. The van der Waals surface area contributed by atoms with E-state index in [1.807, 2.05) is 0 Å². The van der Waals surface area contributed by atoms with Crippen LogP contribution in [0.2, 0.25) is 5.02 Å². The molecule has 112 valence electrons. The smallest absolute Gasteiger partial charge is 0.250 e. The first-order valence-electron chi connectivity index (χ1n) is 7.52. The number of likely N-dealkylation sites (tertiary alicyclic amines) is 1. The first-order chi connectivity index (χ1) is 10.2. The summed E-state index contributed by atoms with van der Waals surface area (Å²) in [6, 6.07) is 3.33. The summed E-state index contributed by atoms with van der Waals surface area (Å²) in [5.41, 5.74) is 2.71. The lowest BCUT2D eigenvalue weighted by Crippen LogP contribution is -2.31. The fraction of sp³-hybridized carbons (Fsp3) is 0.500. The Morgan fingerprint density at radius 3 is 2.76 bits per heavy atom. The monoisotopic (exact) mass is 305 g/mol. The lowest BCUT2D eigenvalue weighted by molar-refractivity contribution is 0.231. The van der Waals surface area contributed by atoms with E-state index in [0.717, 1.165) is 29.6 Å². The highest BCUT2D eigenvalue weighted by atomic mass is 35.5. The highest BCUT2D eigenvalue weighted by molar-refractivity contribution is 6.32. The molecule has 1 saturated heterocycles. The summed E-state index contributed by atoms with van der Waals surface area (Å²) in [6.07, 6.45) is 6.45. The van der Waals surface area contributed by atoms with Crippen LogP contribution in [0.5, 0.6) is 0 Å². The maximum Gasteiger partial charge on any atom is 0.250 e.